The second-order valence-corrected chi connectivity index (χ2v) is 5.92. The number of carbonyl (C=O) groups is 1. The maximum atomic E-state index is 12.4. The molecule has 0 aliphatic heterocycles. The van der Waals surface area contributed by atoms with Crippen LogP contribution in [-0.4, -0.2) is 12.9 Å². The lowest BCUT2D eigenvalue weighted by Gasteiger charge is -2.28. The maximum Gasteiger partial charge on any atom is 0.145 e. The molecule has 0 spiro atoms. The molecule has 1 atom stereocenters. The molecule has 2 aromatic carbocycles. The Hall–Kier alpha value is -1.61. The van der Waals surface area contributed by atoms with Crippen molar-refractivity contribution >= 4 is 21.7 Å². The molecule has 0 saturated carbocycles. The van der Waals surface area contributed by atoms with E-state index in [4.69, 9.17) is 4.74 Å². The van der Waals surface area contributed by atoms with Crippen molar-refractivity contribution in [3.8, 4) is 5.75 Å². The summed E-state index contributed by atoms with van der Waals surface area (Å²) in [6.45, 7) is 0. The Morgan fingerprint density at radius 3 is 2.80 bits per heavy atom. The number of ether oxygens (including phenoxy) is 1. The predicted octanol–water partition coefficient (Wildman–Crippen LogP) is 3.91. The highest BCUT2D eigenvalue weighted by Crippen LogP contribution is 2.36. The average molecular weight is 331 g/mol. The fourth-order valence-corrected chi connectivity index (χ4v) is 3.28. The molecule has 0 heterocycles. The van der Waals surface area contributed by atoms with E-state index < -0.39 is 0 Å². The predicted molar refractivity (Wildman–Crippen MR) is 82.3 cm³/mol. The standard InChI is InChI=1S/C17H15BrO2/c1-20-17-7-6-11(8-15(17)18)9-16(19)14-10-12-4-2-3-5-13(12)14/h2-8,14H,9-10H2,1H3. The highest BCUT2D eigenvalue weighted by molar-refractivity contribution is 9.10. The van der Waals surface area contributed by atoms with Crippen LogP contribution in [0.3, 0.4) is 0 Å². The first-order valence-electron chi connectivity index (χ1n) is 6.62. The van der Waals surface area contributed by atoms with Gasteiger partial charge in [-0.25, -0.2) is 0 Å². The Morgan fingerprint density at radius 1 is 1.30 bits per heavy atom. The first-order chi connectivity index (χ1) is 9.69. The number of hydrogen-bond acceptors (Lipinski definition) is 2. The largest absolute Gasteiger partial charge is 0.496 e. The third-order valence-electron chi connectivity index (χ3n) is 3.84. The van der Waals surface area contributed by atoms with Crippen molar-refractivity contribution in [2.75, 3.05) is 7.11 Å². The van der Waals surface area contributed by atoms with E-state index in [0.29, 0.717) is 12.2 Å². The van der Waals surface area contributed by atoms with Gasteiger partial charge in [-0.15, -0.1) is 0 Å². The molecule has 0 radical (unpaired) electrons. The molecule has 0 amide bonds. The number of fused-ring (bicyclic) bond motifs is 1. The number of hydrogen-bond donors (Lipinski definition) is 0. The molecular formula is C17H15BrO2. The first kappa shape index (κ1) is 13.4. The molecule has 0 fully saturated rings. The molecule has 0 bridgehead atoms. The van der Waals surface area contributed by atoms with Crippen molar-refractivity contribution in [3.05, 3.63) is 63.6 Å². The number of rotatable bonds is 4. The van der Waals surface area contributed by atoms with E-state index in [0.717, 1.165) is 22.2 Å². The molecular weight excluding hydrogens is 316 g/mol. The molecule has 0 N–H and O–H groups in total. The van der Waals surface area contributed by atoms with E-state index in [-0.39, 0.29) is 5.92 Å². The van der Waals surface area contributed by atoms with Gasteiger partial charge >= 0.3 is 0 Å². The summed E-state index contributed by atoms with van der Waals surface area (Å²) in [7, 11) is 1.64. The van der Waals surface area contributed by atoms with E-state index in [1.54, 1.807) is 7.11 Å². The molecule has 20 heavy (non-hydrogen) atoms. The Kier molecular flexibility index (Phi) is 3.62. The highest BCUT2D eigenvalue weighted by Gasteiger charge is 2.31. The molecule has 0 aromatic heterocycles. The number of benzene rings is 2. The number of halogens is 1. The number of ketones is 1. The van der Waals surface area contributed by atoms with Gasteiger partial charge in [-0.05, 0) is 51.2 Å². The molecule has 1 aliphatic carbocycles. The summed E-state index contributed by atoms with van der Waals surface area (Å²) in [6.07, 6.45) is 1.36. The Labute approximate surface area is 126 Å². The van der Waals surface area contributed by atoms with Crippen LogP contribution in [0.15, 0.2) is 46.9 Å². The molecule has 1 unspecified atom stereocenters. The molecule has 2 aromatic rings. The van der Waals surface area contributed by atoms with Crippen LogP contribution < -0.4 is 4.74 Å². The first-order valence-corrected chi connectivity index (χ1v) is 7.41. The van der Waals surface area contributed by atoms with Crippen LogP contribution in [0.25, 0.3) is 0 Å². The van der Waals surface area contributed by atoms with Crippen molar-refractivity contribution in [1.82, 2.24) is 0 Å². The smallest absolute Gasteiger partial charge is 0.145 e. The third-order valence-corrected chi connectivity index (χ3v) is 4.46. The fourth-order valence-electron chi connectivity index (χ4n) is 2.69. The summed E-state index contributed by atoms with van der Waals surface area (Å²) in [5.74, 6) is 1.16. The number of carbonyl (C=O) groups excluding carboxylic acids is 1. The summed E-state index contributed by atoms with van der Waals surface area (Å²) in [5, 5.41) is 0. The van der Waals surface area contributed by atoms with Crippen molar-refractivity contribution in [2.45, 2.75) is 18.8 Å². The zero-order chi connectivity index (χ0) is 14.1. The molecule has 102 valence electrons. The Morgan fingerprint density at radius 2 is 2.10 bits per heavy atom. The van der Waals surface area contributed by atoms with E-state index in [1.165, 1.54) is 11.1 Å². The molecule has 2 nitrogen and oxygen atoms in total. The van der Waals surface area contributed by atoms with E-state index in [9.17, 15) is 4.79 Å². The lowest BCUT2D eigenvalue weighted by molar-refractivity contribution is -0.120. The number of Topliss-reactive ketones (excluding diaryl/α,β-unsaturated/α-hetero) is 1. The van der Waals surface area contributed by atoms with Gasteiger partial charge in [-0.1, -0.05) is 30.3 Å². The quantitative estimate of drug-likeness (QED) is 0.849. The minimum atomic E-state index is 0.0760. The van der Waals surface area contributed by atoms with Crippen molar-refractivity contribution in [3.63, 3.8) is 0 Å². The van der Waals surface area contributed by atoms with Gasteiger partial charge in [0.2, 0.25) is 0 Å². The second-order valence-electron chi connectivity index (χ2n) is 5.07. The van der Waals surface area contributed by atoms with Gasteiger partial charge in [0.25, 0.3) is 0 Å². The van der Waals surface area contributed by atoms with Crippen LogP contribution in [0.4, 0.5) is 0 Å². The van der Waals surface area contributed by atoms with Crippen molar-refractivity contribution < 1.29 is 9.53 Å². The van der Waals surface area contributed by atoms with Gasteiger partial charge in [0.15, 0.2) is 0 Å². The van der Waals surface area contributed by atoms with Crippen molar-refractivity contribution in [2.24, 2.45) is 0 Å². The van der Waals surface area contributed by atoms with E-state index in [1.807, 2.05) is 30.3 Å². The molecule has 3 heteroatoms. The summed E-state index contributed by atoms with van der Waals surface area (Å²) < 4.78 is 6.09. The number of methoxy groups -OCH3 is 1. The molecule has 0 saturated heterocycles. The van der Waals surface area contributed by atoms with E-state index >= 15 is 0 Å². The SMILES string of the molecule is COc1ccc(CC(=O)C2Cc3ccccc32)cc1Br. The topological polar surface area (TPSA) is 26.3 Å². The summed E-state index contributed by atoms with van der Waals surface area (Å²) in [5.41, 5.74) is 3.53. The van der Waals surface area contributed by atoms with Crippen LogP contribution in [0.5, 0.6) is 5.75 Å². The van der Waals surface area contributed by atoms with Gasteiger partial charge in [0.1, 0.15) is 11.5 Å². The Bertz CT molecular complexity index is 664. The normalized spacial score (nSPS) is 16.2. The second kappa shape index (κ2) is 5.41. The van der Waals surface area contributed by atoms with Crippen LogP contribution >= 0.6 is 15.9 Å². The zero-order valence-electron chi connectivity index (χ0n) is 11.2. The van der Waals surface area contributed by atoms with Crippen LogP contribution in [-0.2, 0) is 17.6 Å². The summed E-state index contributed by atoms with van der Waals surface area (Å²) >= 11 is 3.45. The molecule has 1 aliphatic rings. The van der Waals surface area contributed by atoms with Gasteiger partial charge < -0.3 is 4.74 Å². The lowest BCUT2D eigenvalue weighted by Crippen LogP contribution is -2.26. The minimum Gasteiger partial charge on any atom is -0.496 e. The van der Waals surface area contributed by atoms with Gasteiger partial charge in [0, 0.05) is 12.3 Å². The fraction of sp³-hybridized carbons (Fsp3) is 0.235. The van der Waals surface area contributed by atoms with Gasteiger partial charge in [-0.2, -0.15) is 0 Å². The zero-order valence-corrected chi connectivity index (χ0v) is 12.8. The summed E-state index contributed by atoms with van der Waals surface area (Å²) in [4.78, 5) is 12.4. The van der Waals surface area contributed by atoms with Crippen LogP contribution in [0.1, 0.15) is 22.6 Å². The molecule has 3 rings (SSSR count). The van der Waals surface area contributed by atoms with Crippen LogP contribution in [0, 0.1) is 0 Å². The van der Waals surface area contributed by atoms with Gasteiger partial charge in [-0.3, -0.25) is 4.79 Å². The van der Waals surface area contributed by atoms with Gasteiger partial charge in [0.05, 0.1) is 11.6 Å². The maximum absolute atomic E-state index is 12.4. The Balaban J connectivity index is 1.73. The average Bonchev–Trinajstić information content (AvgIpc) is 2.40. The van der Waals surface area contributed by atoms with Crippen LogP contribution in [0.2, 0.25) is 0 Å². The highest BCUT2D eigenvalue weighted by atomic mass is 79.9. The van der Waals surface area contributed by atoms with E-state index in [2.05, 4.69) is 28.1 Å². The lowest BCUT2D eigenvalue weighted by atomic mass is 9.74. The summed E-state index contributed by atoms with van der Waals surface area (Å²) in [6, 6.07) is 14.0. The monoisotopic (exact) mass is 330 g/mol. The van der Waals surface area contributed by atoms with Crippen molar-refractivity contribution in [1.29, 1.82) is 0 Å². The third kappa shape index (κ3) is 2.38. The minimum absolute atomic E-state index is 0.0760.